The predicted octanol–water partition coefficient (Wildman–Crippen LogP) is 4.18. The Labute approximate surface area is 217 Å². The van der Waals surface area contributed by atoms with E-state index in [0.717, 1.165) is 30.2 Å². The smallest absolute Gasteiger partial charge is 0.263 e. The number of nitrogen functional groups attached to an aromatic ring is 1. The number of carbonyl (C=O) groups is 2. The number of fused-ring (bicyclic) bond motifs is 1. The van der Waals surface area contributed by atoms with Crippen LogP contribution in [0.5, 0.6) is 0 Å². The molecule has 0 unspecified atom stereocenters. The topological polar surface area (TPSA) is 113 Å². The Balaban J connectivity index is 1.67. The van der Waals surface area contributed by atoms with Gasteiger partial charge in [0.1, 0.15) is 9.71 Å². The van der Waals surface area contributed by atoms with E-state index < -0.39 is 5.54 Å². The average molecular weight is 531 g/mol. The Hall–Kier alpha value is -2.34. The summed E-state index contributed by atoms with van der Waals surface area (Å²) >= 11 is 4.61. The number of benzene rings is 1. The van der Waals surface area contributed by atoms with Crippen LogP contribution in [0, 0.1) is 0 Å². The predicted molar refractivity (Wildman–Crippen MR) is 149 cm³/mol. The van der Waals surface area contributed by atoms with Gasteiger partial charge >= 0.3 is 0 Å². The summed E-state index contributed by atoms with van der Waals surface area (Å²) in [6, 6.07) is 7.56. The molecule has 4 rings (SSSR count). The Morgan fingerprint density at radius 2 is 1.94 bits per heavy atom. The van der Waals surface area contributed by atoms with Crippen molar-refractivity contribution < 1.29 is 9.59 Å². The van der Waals surface area contributed by atoms with Crippen LogP contribution in [-0.4, -0.2) is 69.6 Å². The number of nitrogens with one attached hydrogen (secondary N) is 2. The Morgan fingerprint density at radius 1 is 1.20 bits per heavy atom. The molecule has 1 aliphatic rings. The van der Waals surface area contributed by atoms with Crippen molar-refractivity contribution in [2.75, 3.05) is 48.4 Å². The molecule has 0 spiro atoms. The van der Waals surface area contributed by atoms with Crippen LogP contribution in [0.1, 0.15) is 30.4 Å². The molecule has 3 heterocycles. The number of nitrogens with two attached hydrogens (primary N) is 1. The summed E-state index contributed by atoms with van der Waals surface area (Å²) < 4.78 is 0. The van der Waals surface area contributed by atoms with Crippen molar-refractivity contribution in [2.24, 2.45) is 0 Å². The highest BCUT2D eigenvalue weighted by Gasteiger charge is 2.25. The van der Waals surface area contributed by atoms with E-state index in [2.05, 4.69) is 20.5 Å². The van der Waals surface area contributed by atoms with E-state index in [4.69, 9.17) is 10.7 Å². The number of anilines is 2. The number of hydrogen-bond acceptors (Lipinski definition) is 9. The third kappa shape index (κ3) is 6.27. The lowest BCUT2D eigenvalue weighted by atomic mass is 10.1. The van der Waals surface area contributed by atoms with Gasteiger partial charge in [0.25, 0.3) is 5.91 Å². The second kappa shape index (κ2) is 10.7. The van der Waals surface area contributed by atoms with Crippen LogP contribution in [-0.2, 0) is 4.79 Å². The third-order valence-corrected chi connectivity index (χ3v) is 7.92. The van der Waals surface area contributed by atoms with Crippen molar-refractivity contribution in [1.82, 2.24) is 20.2 Å². The zero-order valence-electron chi connectivity index (χ0n) is 20.3. The number of rotatable bonds is 6. The van der Waals surface area contributed by atoms with Crippen molar-refractivity contribution in [3.8, 4) is 11.3 Å². The molecule has 0 bridgehead atoms. The van der Waals surface area contributed by atoms with Gasteiger partial charge in [-0.1, -0.05) is 23.9 Å². The summed E-state index contributed by atoms with van der Waals surface area (Å²) in [5.74, 6) is 1.85. The van der Waals surface area contributed by atoms with Crippen molar-refractivity contribution in [3.63, 3.8) is 0 Å². The van der Waals surface area contributed by atoms with Crippen LogP contribution >= 0.6 is 34.9 Å². The number of aromatic nitrogens is 2. The molecule has 35 heavy (non-hydrogen) atoms. The second-order valence-electron chi connectivity index (χ2n) is 9.31. The van der Waals surface area contributed by atoms with Crippen molar-refractivity contribution >= 4 is 68.3 Å². The fraction of sp³-hybridized carbons (Fsp3) is 0.417. The molecule has 2 aromatic heterocycles. The number of carbonyl (C=O) groups excluding carboxylic acids is 2. The van der Waals surface area contributed by atoms with E-state index in [-0.39, 0.29) is 11.8 Å². The Kier molecular flexibility index (Phi) is 7.89. The first kappa shape index (κ1) is 25.7. The molecular formula is C24H30N6O2S3. The van der Waals surface area contributed by atoms with E-state index in [1.807, 2.05) is 63.1 Å². The Bertz CT molecular complexity index is 1250. The van der Waals surface area contributed by atoms with Crippen LogP contribution in [0.4, 0.5) is 11.4 Å². The molecule has 1 aromatic carbocycles. The fourth-order valence-corrected chi connectivity index (χ4v) is 6.17. The molecule has 11 heteroatoms. The summed E-state index contributed by atoms with van der Waals surface area (Å²) in [7, 11) is 0. The minimum atomic E-state index is -0.391. The highest BCUT2D eigenvalue weighted by molar-refractivity contribution is 7.99. The van der Waals surface area contributed by atoms with Crippen molar-refractivity contribution in [1.29, 1.82) is 0 Å². The summed E-state index contributed by atoms with van der Waals surface area (Å²) in [5, 5.41) is 7.23. The summed E-state index contributed by atoms with van der Waals surface area (Å²) in [6.45, 7) is 8.01. The van der Waals surface area contributed by atoms with Crippen molar-refractivity contribution in [3.05, 3.63) is 29.1 Å². The SMILES string of the molecule is CSc1nc(-c2cccc(NC(=O)CN3CCSCC3)c2)c2c(N)c(C(=O)NC(C)(C)C)sc2n1. The summed E-state index contributed by atoms with van der Waals surface area (Å²) in [6.07, 6.45) is 1.91. The van der Waals surface area contributed by atoms with Gasteiger partial charge < -0.3 is 16.4 Å². The quantitative estimate of drug-likeness (QED) is 0.321. The first-order chi connectivity index (χ1) is 16.6. The molecule has 8 nitrogen and oxygen atoms in total. The molecule has 2 amide bonds. The van der Waals surface area contributed by atoms with Crippen LogP contribution in [0.3, 0.4) is 0 Å². The molecule has 1 fully saturated rings. The van der Waals surface area contributed by atoms with E-state index in [1.165, 1.54) is 23.1 Å². The molecule has 3 aromatic rings. The molecule has 1 aliphatic heterocycles. The van der Waals surface area contributed by atoms with Gasteiger partial charge in [-0.2, -0.15) is 11.8 Å². The van der Waals surface area contributed by atoms with Gasteiger partial charge in [-0.25, -0.2) is 9.97 Å². The lowest BCUT2D eigenvalue weighted by molar-refractivity contribution is -0.117. The number of thiophene rings is 1. The van der Waals surface area contributed by atoms with Crippen LogP contribution < -0.4 is 16.4 Å². The normalized spacial score (nSPS) is 14.7. The largest absolute Gasteiger partial charge is 0.397 e. The van der Waals surface area contributed by atoms with Crippen LogP contribution in [0.25, 0.3) is 21.5 Å². The summed E-state index contributed by atoms with van der Waals surface area (Å²) in [4.78, 5) is 38.1. The minimum absolute atomic E-state index is 0.0390. The van der Waals surface area contributed by atoms with E-state index in [0.29, 0.717) is 43.9 Å². The van der Waals surface area contributed by atoms with Gasteiger partial charge in [-0.05, 0) is 39.2 Å². The number of nitrogens with zero attached hydrogens (tertiary/aromatic N) is 3. The molecule has 1 saturated heterocycles. The molecule has 0 atom stereocenters. The maximum absolute atomic E-state index is 12.9. The minimum Gasteiger partial charge on any atom is -0.397 e. The van der Waals surface area contributed by atoms with E-state index in [1.54, 1.807) is 0 Å². The van der Waals surface area contributed by atoms with E-state index >= 15 is 0 Å². The fourth-order valence-electron chi connectivity index (χ4n) is 3.78. The van der Waals surface area contributed by atoms with Gasteiger partial charge in [-0.15, -0.1) is 11.3 Å². The van der Waals surface area contributed by atoms with Crippen LogP contribution in [0.15, 0.2) is 29.4 Å². The van der Waals surface area contributed by atoms with Gasteiger partial charge in [0.15, 0.2) is 5.16 Å². The highest BCUT2D eigenvalue weighted by atomic mass is 32.2. The van der Waals surface area contributed by atoms with Crippen LogP contribution in [0.2, 0.25) is 0 Å². The van der Waals surface area contributed by atoms with Gasteiger partial charge in [0, 0.05) is 41.4 Å². The summed E-state index contributed by atoms with van der Waals surface area (Å²) in [5.41, 5.74) is 8.61. The lowest BCUT2D eigenvalue weighted by Crippen LogP contribution is -2.40. The molecule has 4 N–H and O–H groups in total. The third-order valence-electron chi connectivity index (χ3n) is 5.34. The van der Waals surface area contributed by atoms with Gasteiger partial charge in [0.05, 0.1) is 23.3 Å². The number of hydrogen-bond donors (Lipinski definition) is 3. The highest BCUT2D eigenvalue weighted by Crippen LogP contribution is 2.40. The maximum Gasteiger partial charge on any atom is 0.263 e. The van der Waals surface area contributed by atoms with Gasteiger partial charge in [-0.3, -0.25) is 14.5 Å². The zero-order chi connectivity index (χ0) is 25.2. The average Bonchev–Trinajstić information content (AvgIpc) is 3.14. The van der Waals surface area contributed by atoms with Crippen molar-refractivity contribution in [2.45, 2.75) is 31.5 Å². The maximum atomic E-state index is 12.9. The number of thioether (sulfide) groups is 2. The molecular weight excluding hydrogens is 501 g/mol. The standard InChI is InChI=1S/C24H30N6O2S3/c1-24(2,3)29-21(32)20-18(25)17-19(27-23(33-4)28-22(17)35-20)14-6-5-7-15(12-14)26-16(31)13-30-8-10-34-11-9-30/h5-7,12H,8-11,13,25H2,1-4H3,(H,26,31)(H,29,32). The molecule has 0 radical (unpaired) electrons. The van der Waals surface area contributed by atoms with Gasteiger partial charge in [0.2, 0.25) is 5.91 Å². The lowest BCUT2D eigenvalue weighted by Gasteiger charge is -2.25. The molecule has 0 aliphatic carbocycles. The zero-order valence-corrected chi connectivity index (χ0v) is 22.8. The number of amides is 2. The first-order valence-electron chi connectivity index (χ1n) is 11.3. The monoisotopic (exact) mass is 530 g/mol. The second-order valence-corrected chi connectivity index (χ2v) is 12.3. The molecule has 0 saturated carbocycles. The first-order valence-corrected chi connectivity index (χ1v) is 14.5. The van der Waals surface area contributed by atoms with E-state index in [9.17, 15) is 9.59 Å². The molecule has 186 valence electrons. The Morgan fingerprint density at radius 3 is 2.63 bits per heavy atom.